The molecule has 6 aliphatic heterocycles. The van der Waals surface area contributed by atoms with Crippen LogP contribution < -0.4 is 44.8 Å². The van der Waals surface area contributed by atoms with Crippen molar-refractivity contribution in [1.82, 2.24) is 4.57 Å². The molecule has 0 spiro atoms. The largest absolute Gasteiger partial charge is 0.536 e. The van der Waals surface area contributed by atoms with Crippen molar-refractivity contribution >= 4 is 125 Å². The number of thiophene rings is 1. The average molecular weight is 1580 g/mol. The van der Waals surface area contributed by atoms with Crippen LogP contribution in [0.1, 0.15) is 25.0 Å². The van der Waals surface area contributed by atoms with Gasteiger partial charge in [0, 0.05) is 75.8 Å². The fraction of sp³-hybridized carbons (Fsp3) is 0.0270. The fourth-order valence-corrected chi connectivity index (χ4v) is 21.7. The van der Waals surface area contributed by atoms with Gasteiger partial charge in [-0.15, -0.1) is 11.3 Å². The number of nitrogens with zero attached hydrogens (tertiary/aromatic N) is 4. The van der Waals surface area contributed by atoms with E-state index in [4.69, 9.17) is 14.0 Å². The Balaban J connectivity index is 0.000000102. The monoisotopic (exact) mass is 1570 g/mol. The summed E-state index contributed by atoms with van der Waals surface area (Å²) in [6, 6.07) is 147. The van der Waals surface area contributed by atoms with Gasteiger partial charge in [0.05, 0.1) is 28.1 Å². The third-order valence-corrected chi connectivity index (χ3v) is 27.4. The summed E-state index contributed by atoms with van der Waals surface area (Å²) in [5.74, 6) is 2.80. The SMILES string of the molecule is CC1(C)c2ccccc2-c2ccc(-c3ccc4c(c3)-c3ccccc3N3B4Oc4ccccc43)cc21.c1cc(-c2ccc3c(c2)-c2ccccc2N2B3Oc3ccccc32)cc(-c2cccc3c2sc2ccccc23)c1.c1ccc(-n2c3ccccc3c3cc(-c4cccc(-c5ccc6c(c5)-c5ccccc5N5B6Oc6ccccc65)c4)ccc32)cc1. The second kappa shape index (κ2) is 27.5. The minimum absolute atomic E-state index is 0.00723. The van der Waals surface area contributed by atoms with E-state index in [1.165, 1.54) is 192 Å². The summed E-state index contributed by atoms with van der Waals surface area (Å²) < 4.78 is 24.6. The number of rotatable bonds is 6. The van der Waals surface area contributed by atoms with Gasteiger partial charge in [-0.3, -0.25) is 0 Å². The van der Waals surface area contributed by atoms with Crippen LogP contribution in [-0.4, -0.2) is 25.7 Å². The predicted molar refractivity (Wildman–Crippen MR) is 511 cm³/mol. The van der Waals surface area contributed by atoms with Crippen molar-refractivity contribution in [3.63, 3.8) is 0 Å². The smallest absolute Gasteiger partial charge is 0.524 e. The van der Waals surface area contributed by atoms with Crippen molar-refractivity contribution < 1.29 is 14.0 Å². The Bertz CT molecular complexity index is 7760. The third-order valence-electron chi connectivity index (χ3n) is 26.2. The summed E-state index contributed by atoms with van der Waals surface area (Å²) in [6.07, 6.45) is 0. The van der Waals surface area contributed by atoms with Crippen LogP contribution in [-0.2, 0) is 5.41 Å². The summed E-state index contributed by atoms with van der Waals surface area (Å²) in [7, 11) is -0.476. The van der Waals surface area contributed by atoms with E-state index in [1.54, 1.807) is 0 Å². The zero-order chi connectivity index (χ0) is 80.4. The van der Waals surface area contributed by atoms with E-state index in [9.17, 15) is 0 Å². The molecule has 0 atom stereocenters. The molecule has 20 aromatic rings. The number of aromatic nitrogens is 1. The Morgan fingerprint density at radius 1 is 0.238 bits per heavy atom. The number of benzene rings is 18. The molecule has 7 nitrogen and oxygen atoms in total. The molecular weight excluding hydrogens is 1500 g/mol. The van der Waals surface area contributed by atoms with Crippen LogP contribution in [0.3, 0.4) is 0 Å². The first-order chi connectivity index (χ1) is 60.3. The number of para-hydroxylation sites is 11. The van der Waals surface area contributed by atoms with Gasteiger partial charge in [-0.2, -0.15) is 0 Å². The van der Waals surface area contributed by atoms with E-state index in [1.807, 2.05) is 29.5 Å². The highest BCUT2D eigenvalue weighted by Crippen LogP contribution is 2.54. The molecule has 2 aromatic heterocycles. The Hall–Kier alpha value is -15.0. The topological polar surface area (TPSA) is 42.3 Å². The van der Waals surface area contributed by atoms with E-state index in [0.717, 1.165) is 34.3 Å². The summed E-state index contributed by atoms with van der Waals surface area (Å²) >= 11 is 1.88. The molecule has 8 heterocycles. The molecule has 11 heteroatoms. The molecule has 1 aliphatic carbocycles. The molecule has 570 valence electrons. The zero-order valence-corrected chi connectivity index (χ0v) is 67.7. The lowest BCUT2D eigenvalue weighted by Gasteiger charge is -2.31. The van der Waals surface area contributed by atoms with E-state index >= 15 is 0 Å². The molecule has 18 aromatic carbocycles. The van der Waals surface area contributed by atoms with Crippen molar-refractivity contribution in [1.29, 1.82) is 0 Å². The maximum absolute atomic E-state index is 6.54. The van der Waals surface area contributed by atoms with E-state index in [2.05, 4.69) is 421 Å². The first-order valence-electron chi connectivity index (χ1n) is 42.1. The molecule has 0 saturated carbocycles. The third kappa shape index (κ3) is 10.9. The Kier molecular flexibility index (Phi) is 15.8. The second-order valence-electron chi connectivity index (χ2n) is 33.2. The number of anilines is 6. The number of hydrogen-bond donors (Lipinski definition) is 0. The first-order valence-corrected chi connectivity index (χ1v) is 42.9. The quantitative estimate of drug-likeness (QED) is 0.155. The molecule has 0 fully saturated rings. The lowest BCUT2D eigenvalue weighted by atomic mass is 9.64. The van der Waals surface area contributed by atoms with Gasteiger partial charge in [-0.05, 0) is 238 Å². The molecule has 0 radical (unpaired) electrons. The zero-order valence-electron chi connectivity index (χ0n) is 66.8. The van der Waals surface area contributed by atoms with E-state index < -0.39 is 0 Å². The molecule has 7 aliphatic rings. The molecular formula is C111H73B3N4O3S. The van der Waals surface area contributed by atoms with Gasteiger partial charge in [-0.1, -0.05) is 293 Å². The van der Waals surface area contributed by atoms with Crippen LogP contribution in [0.4, 0.5) is 34.1 Å². The summed E-state index contributed by atoms with van der Waals surface area (Å²) in [5, 5.41) is 5.18. The Labute approximate surface area is 712 Å². The molecule has 0 saturated heterocycles. The van der Waals surface area contributed by atoms with Crippen LogP contribution in [0, 0.1) is 0 Å². The van der Waals surface area contributed by atoms with Gasteiger partial charge in [-0.25, -0.2) is 0 Å². The standard InChI is InChI=1S/C42H27BN2O.C36H22BNOS.C33H24BNO/c1-2-13-32(14-3-1)44-38-17-6-4-16-34(38)36-27-31(22-24-39(36)44)29-12-10-11-28(25-29)30-21-23-37-35(26-30)33-15-5-7-18-40(33)45-41-19-8-9-20-42(41)46-43(37)45;1-3-15-32-27(11-1)30-22-24(19-20-31(30)37-38(32)33-16-4-5-17-34(33)39-37)23-9-7-10-25(21-23)26-13-8-14-29-28-12-2-6-18-35(28)40-36(26)29;1-33(2)27-11-5-3-9-23(27)24-17-15-22(20-28(24)33)21-16-18-29-26(19-21)25-10-4-6-12-30(25)35-31-13-7-8-14-32(31)36-34(29)35/h1-27H;1-22H;3-20H,1-2H3. The van der Waals surface area contributed by atoms with Crippen molar-refractivity contribution in [3.05, 3.63) is 418 Å². The predicted octanol–water partition coefficient (Wildman–Crippen LogP) is 26.9. The van der Waals surface area contributed by atoms with Crippen LogP contribution in [0.5, 0.6) is 17.2 Å². The van der Waals surface area contributed by atoms with Crippen LogP contribution >= 0.6 is 11.3 Å². The summed E-state index contributed by atoms with van der Waals surface area (Å²) in [4.78, 5) is 7.00. The minimum atomic E-state index is -0.174. The molecule has 0 N–H and O–H groups in total. The normalized spacial score (nSPS) is 13.7. The van der Waals surface area contributed by atoms with Gasteiger partial charge in [0.15, 0.2) is 0 Å². The molecule has 0 bridgehead atoms. The van der Waals surface area contributed by atoms with Crippen LogP contribution in [0.15, 0.2) is 406 Å². The second-order valence-corrected chi connectivity index (χ2v) is 34.2. The van der Waals surface area contributed by atoms with Crippen LogP contribution in [0.2, 0.25) is 0 Å². The highest BCUT2D eigenvalue weighted by Gasteiger charge is 2.48. The van der Waals surface area contributed by atoms with E-state index in [-0.39, 0.29) is 26.6 Å². The number of fused-ring (bicyclic) bond motifs is 33. The van der Waals surface area contributed by atoms with Crippen LogP contribution in [0.25, 0.3) is 148 Å². The first kappa shape index (κ1) is 70.0. The highest BCUT2D eigenvalue weighted by molar-refractivity contribution is 7.26. The van der Waals surface area contributed by atoms with E-state index in [0.29, 0.717) is 0 Å². The molecule has 27 rings (SSSR count). The van der Waals surface area contributed by atoms with Gasteiger partial charge >= 0.3 is 21.2 Å². The van der Waals surface area contributed by atoms with Gasteiger partial charge in [0.2, 0.25) is 0 Å². The molecule has 0 unspecified atom stereocenters. The Morgan fingerprint density at radius 2 is 0.615 bits per heavy atom. The van der Waals surface area contributed by atoms with Crippen molar-refractivity contribution in [2.45, 2.75) is 19.3 Å². The maximum atomic E-state index is 6.54. The Morgan fingerprint density at radius 3 is 1.17 bits per heavy atom. The molecule has 0 amide bonds. The van der Waals surface area contributed by atoms with Gasteiger partial charge in [0.1, 0.15) is 17.2 Å². The summed E-state index contributed by atoms with van der Waals surface area (Å²) in [6.45, 7) is 4.68. The molecule has 122 heavy (non-hydrogen) atoms. The van der Waals surface area contributed by atoms with Crippen molar-refractivity contribution in [2.24, 2.45) is 0 Å². The lowest BCUT2D eigenvalue weighted by molar-refractivity contribution is 0.603. The number of hydrogen-bond acceptors (Lipinski definition) is 7. The highest BCUT2D eigenvalue weighted by atomic mass is 32.1. The maximum Gasteiger partial charge on any atom is 0.524 e. The lowest BCUT2D eigenvalue weighted by Crippen LogP contribution is -2.50. The minimum Gasteiger partial charge on any atom is -0.536 e. The van der Waals surface area contributed by atoms with Gasteiger partial charge in [0.25, 0.3) is 0 Å². The van der Waals surface area contributed by atoms with Gasteiger partial charge < -0.3 is 33.0 Å². The fourth-order valence-electron chi connectivity index (χ4n) is 20.4. The van der Waals surface area contributed by atoms with Crippen molar-refractivity contribution in [3.8, 4) is 123 Å². The summed E-state index contributed by atoms with van der Waals surface area (Å²) in [5.41, 5.74) is 39.4. The van der Waals surface area contributed by atoms with Crippen molar-refractivity contribution in [2.75, 3.05) is 14.4 Å². The average Bonchev–Trinajstić information content (AvgIpc) is 1.50.